The number of fused-ring (bicyclic) bond motifs is 1. The Morgan fingerprint density at radius 1 is 1.06 bits per heavy atom. The number of carbonyl (C=O) groups excluding carboxylic acids is 1. The van der Waals surface area contributed by atoms with Gasteiger partial charge in [0.05, 0.1) is 24.8 Å². The van der Waals surface area contributed by atoms with Gasteiger partial charge in [0.2, 0.25) is 0 Å². The first kappa shape index (κ1) is 21.6. The first-order valence-corrected chi connectivity index (χ1v) is 11.0. The molecule has 0 radical (unpaired) electrons. The van der Waals surface area contributed by atoms with Crippen molar-refractivity contribution in [2.75, 3.05) is 33.3 Å². The third-order valence-electron chi connectivity index (χ3n) is 6.14. The second kappa shape index (κ2) is 9.29. The molecule has 1 amide bonds. The van der Waals surface area contributed by atoms with Gasteiger partial charge in [0.25, 0.3) is 0 Å². The molecule has 1 saturated heterocycles. The van der Waals surface area contributed by atoms with Gasteiger partial charge in [0.1, 0.15) is 16.8 Å². The maximum atomic E-state index is 13.2. The van der Waals surface area contributed by atoms with E-state index < -0.39 is 0 Å². The Balaban J connectivity index is 1.36. The zero-order chi connectivity index (χ0) is 23.5. The van der Waals surface area contributed by atoms with Crippen LogP contribution in [0.2, 0.25) is 0 Å². The SMILES string of the molecule is COc1ccc(C(c2cccnc2)N2CCN(C(=O)n3nnc4ccc(C#N)cc43)CC2)cc1. The van der Waals surface area contributed by atoms with E-state index in [1.165, 1.54) is 4.68 Å². The zero-order valence-electron chi connectivity index (χ0n) is 18.7. The van der Waals surface area contributed by atoms with E-state index in [4.69, 9.17) is 4.74 Å². The maximum absolute atomic E-state index is 13.2. The van der Waals surface area contributed by atoms with Crippen LogP contribution in [0.1, 0.15) is 22.7 Å². The normalized spacial score (nSPS) is 15.1. The quantitative estimate of drug-likeness (QED) is 0.468. The summed E-state index contributed by atoms with van der Waals surface area (Å²) in [6, 6.07) is 19.0. The number of hydrogen-bond donors (Lipinski definition) is 0. The summed E-state index contributed by atoms with van der Waals surface area (Å²) in [7, 11) is 1.66. The van der Waals surface area contributed by atoms with E-state index in [0.29, 0.717) is 42.8 Å². The van der Waals surface area contributed by atoms with Crippen molar-refractivity contribution in [1.29, 1.82) is 5.26 Å². The topological polar surface area (TPSA) is 100 Å². The van der Waals surface area contributed by atoms with Gasteiger partial charge in [-0.25, -0.2) is 4.79 Å². The molecule has 4 aromatic rings. The second-order valence-corrected chi connectivity index (χ2v) is 8.08. The van der Waals surface area contributed by atoms with Crippen molar-refractivity contribution in [3.05, 3.63) is 83.7 Å². The molecule has 1 atom stereocenters. The number of nitriles is 1. The summed E-state index contributed by atoms with van der Waals surface area (Å²) in [5.74, 6) is 0.809. The van der Waals surface area contributed by atoms with Crippen LogP contribution in [-0.2, 0) is 0 Å². The van der Waals surface area contributed by atoms with Crippen molar-refractivity contribution >= 4 is 17.1 Å². The van der Waals surface area contributed by atoms with Crippen LogP contribution < -0.4 is 4.74 Å². The number of amides is 1. The fourth-order valence-corrected chi connectivity index (χ4v) is 4.37. The van der Waals surface area contributed by atoms with Gasteiger partial charge in [-0.05, 0) is 47.5 Å². The third kappa shape index (κ3) is 4.07. The van der Waals surface area contributed by atoms with Crippen molar-refractivity contribution < 1.29 is 9.53 Å². The monoisotopic (exact) mass is 453 g/mol. The van der Waals surface area contributed by atoms with Crippen LogP contribution in [0.3, 0.4) is 0 Å². The van der Waals surface area contributed by atoms with Crippen molar-refractivity contribution in [2.45, 2.75) is 6.04 Å². The number of rotatable bonds is 4. The van der Waals surface area contributed by atoms with Gasteiger partial charge < -0.3 is 9.64 Å². The van der Waals surface area contributed by atoms with Gasteiger partial charge in [-0.2, -0.15) is 9.94 Å². The lowest BCUT2D eigenvalue weighted by atomic mass is 9.97. The van der Waals surface area contributed by atoms with Gasteiger partial charge in [0, 0.05) is 38.6 Å². The summed E-state index contributed by atoms with van der Waals surface area (Å²) in [5, 5.41) is 17.3. The van der Waals surface area contributed by atoms with E-state index in [1.54, 1.807) is 36.4 Å². The summed E-state index contributed by atoms with van der Waals surface area (Å²) in [4.78, 5) is 21.7. The molecule has 1 unspecified atom stereocenters. The summed E-state index contributed by atoms with van der Waals surface area (Å²) in [6.07, 6.45) is 3.66. The van der Waals surface area contributed by atoms with Gasteiger partial charge in [-0.15, -0.1) is 5.10 Å². The minimum Gasteiger partial charge on any atom is -0.497 e. The molecule has 0 aliphatic carbocycles. The molecule has 34 heavy (non-hydrogen) atoms. The molecular weight excluding hydrogens is 430 g/mol. The number of ether oxygens (including phenoxy) is 1. The molecule has 0 N–H and O–H groups in total. The Labute approximate surface area is 196 Å². The Bertz CT molecular complexity index is 1340. The highest BCUT2D eigenvalue weighted by atomic mass is 16.5. The van der Waals surface area contributed by atoms with Crippen LogP contribution in [0.4, 0.5) is 4.79 Å². The second-order valence-electron chi connectivity index (χ2n) is 8.08. The molecule has 1 aliphatic rings. The lowest BCUT2D eigenvalue weighted by molar-refractivity contribution is 0.120. The molecule has 0 spiro atoms. The predicted molar refractivity (Wildman–Crippen MR) is 125 cm³/mol. The minimum absolute atomic E-state index is 0.0160. The number of hydrogen-bond acceptors (Lipinski definition) is 7. The summed E-state index contributed by atoms with van der Waals surface area (Å²) in [5.41, 5.74) is 3.83. The lowest BCUT2D eigenvalue weighted by Crippen LogP contribution is -2.51. The van der Waals surface area contributed by atoms with Crippen LogP contribution >= 0.6 is 0 Å². The first-order valence-electron chi connectivity index (χ1n) is 11.0. The molecule has 3 heterocycles. The molecular formula is C25H23N7O2. The highest BCUT2D eigenvalue weighted by molar-refractivity contribution is 5.88. The first-order chi connectivity index (χ1) is 16.7. The number of pyridine rings is 1. The number of methoxy groups -OCH3 is 1. The van der Waals surface area contributed by atoms with Crippen LogP contribution in [-0.4, -0.2) is 69.1 Å². The van der Waals surface area contributed by atoms with Gasteiger partial charge in [-0.1, -0.05) is 23.4 Å². The predicted octanol–water partition coefficient (Wildman–Crippen LogP) is 3.08. The van der Waals surface area contributed by atoms with Crippen molar-refractivity contribution in [3.8, 4) is 11.8 Å². The largest absolute Gasteiger partial charge is 0.497 e. The number of piperazine rings is 1. The number of aromatic nitrogens is 4. The Hall–Kier alpha value is -4.29. The van der Waals surface area contributed by atoms with E-state index in [0.717, 1.165) is 16.9 Å². The summed E-state index contributed by atoms with van der Waals surface area (Å²) in [6.45, 7) is 2.47. The fraction of sp³-hybridized carbons (Fsp3) is 0.240. The van der Waals surface area contributed by atoms with E-state index in [9.17, 15) is 10.1 Å². The summed E-state index contributed by atoms with van der Waals surface area (Å²) < 4.78 is 6.61. The smallest absolute Gasteiger partial charge is 0.346 e. The molecule has 2 aromatic heterocycles. The molecule has 0 saturated carbocycles. The molecule has 0 bridgehead atoms. The minimum atomic E-state index is -0.236. The van der Waals surface area contributed by atoms with Crippen molar-refractivity contribution in [2.24, 2.45) is 0 Å². The lowest BCUT2D eigenvalue weighted by Gasteiger charge is -2.39. The maximum Gasteiger partial charge on any atom is 0.346 e. The standard InChI is InChI=1S/C25H23N7O2/c1-34-21-7-5-19(6-8-21)24(20-3-2-10-27-17-20)30-11-13-31(14-12-30)25(33)32-23-15-18(16-26)4-9-22(23)28-29-32/h2-10,15,17,24H,11-14H2,1H3. The van der Waals surface area contributed by atoms with E-state index in [1.807, 2.05) is 24.4 Å². The average Bonchev–Trinajstić information content (AvgIpc) is 3.33. The molecule has 170 valence electrons. The molecule has 2 aromatic carbocycles. The molecule has 9 heteroatoms. The van der Waals surface area contributed by atoms with E-state index >= 15 is 0 Å². The van der Waals surface area contributed by atoms with Gasteiger partial charge in [0.15, 0.2) is 0 Å². The number of carbonyl (C=O) groups is 1. The molecule has 1 aliphatic heterocycles. The highest BCUT2D eigenvalue weighted by Crippen LogP contribution is 2.30. The fourth-order valence-electron chi connectivity index (χ4n) is 4.37. The van der Waals surface area contributed by atoms with Crippen LogP contribution in [0, 0.1) is 11.3 Å². The Morgan fingerprint density at radius 3 is 2.53 bits per heavy atom. The van der Waals surface area contributed by atoms with Gasteiger partial charge in [-0.3, -0.25) is 9.88 Å². The van der Waals surface area contributed by atoms with Crippen molar-refractivity contribution in [1.82, 2.24) is 29.8 Å². The third-order valence-corrected chi connectivity index (χ3v) is 6.14. The molecule has 9 nitrogen and oxygen atoms in total. The van der Waals surface area contributed by atoms with Crippen LogP contribution in [0.15, 0.2) is 67.0 Å². The number of benzene rings is 2. The van der Waals surface area contributed by atoms with Gasteiger partial charge >= 0.3 is 6.03 Å². The summed E-state index contributed by atoms with van der Waals surface area (Å²) >= 11 is 0. The Morgan fingerprint density at radius 2 is 1.85 bits per heavy atom. The van der Waals surface area contributed by atoms with Crippen LogP contribution in [0.5, 0.6) is 5.75 Å². The number of nitrogens with zero attached hydrogens (tertiary/aromatic N) is 7. The van der Waals surface area contributed by atoms with Crippen LogP contribution in [0.25, 0.3) is 11.0 Å². The highest BCUT2D eigenvalue weighted by Gasteiger charge is 2.30. The average molecular weight is 454 g/mol. The molecule has 1 fully saturated rings. The zero-order valence-corrected chi connectivity index (χ0v) is 18.7. The molecule has 5 rings (SSSR count). The Kier molecular flexibility index (Phi) is 5.89. The van der Waals surface area contributed by atoms with E-state index in [-0.39, 0.29) is 12.1 Å². The van der Waals surface area contributed by atoms with Crippen molar-refractivity contribution in [3.63, 3.8) is 0 Å². The van der Waals surface area contributed by atoms with E-state index in [2.05, 4.69) is 44.5 Å².